The summed E-state index contributed by atoms with van der Waals surface area (Å²) in [5, 5.41) is 15.0. The molecule has 0 radical (unpaired) electrons. The molecule has 0 aliphatic rings. The number of fused-ring (bicyclic) bond motifs is 1. The summed E-state index contributed by atoms with van der Waals surface area (Å²) in [6, 6.07) is 4.03. The Morgan fingerprint density at radius 3 is 2.84 bits per heavy atom. The molecule has 0 saturated heterocycles. The van der Waals surface area contributed by atoms with E-state index in [1.807, 2.05) is 0 Å². The number of carbonyl (C=O) groups is 1. The van der Waals surface area contributed by atoms with Crippen LogP contribution in [0.15, 0.2) is 18.2 Å². The number of aromatic nitrogens is 2. The van der Waals surface area contributed by atoms with Gasteiger partial charge in [0.15, 0.2) is 5.82 Å². The van der Waals surface area contributed by atoms with Crippen LogP contribution in [0.5, 0.6) is 0 Å². The molecule has 0 amide bonds. The number of nitro benzene ring substituents is 1. The highest BCUT2D eigenvalue weighted by atomic mass is 16.6. The highest BCUT2D eigenvalue weighted by Crippen LogP contribution is 2.25. The molecule has 0 saturated carbocycles. The number of rotatable bonds is 3. The normalized spacial score (nSPS) is 12.5. The number of nitrogens with two attached hydrogens (primary N) is 1. The van der Waals surface area contributed by atoms with Crippen LogP contribution in [0.25, 0.3) is 10.9 Å². The number of anilines is 1. The zero-order valence-corrected chi connectivity index (χ0v) is 10.4. The fourth-order valence-electron chi connectivity index (χ4n) is 1.68. The molecule has 2 rings (SSSR count). The minimum Gasteiger partial charge on any atom is -0.382 e. The monoisotopic (exact) mass is 264 g/mol. The van der Waals surface area contributed by atoms with Crippen LogP contribution in [0, 0.1) is 10.1 Å². The summed E-state index contributed by atoms with van der Waals surface area (Å²) in [5.41, 5.74) is 5.99. The van der Waals surface area contributed by atoms with E-state index in [-0.39, 0.29) is 11.5 Å². The number of hydrogen-bond acceptors (Lipinski definition) is 6. The van der Waals surface area contributed by atoms with Crippen LogP contribution >= 0.6 is 0 Å². The Morgan fingerprint density at radius 2 is 2.26 bits per heavy atom. The second-order valence-electron chi connectivity index (χ2n) is 3.97. The lowest BCUT2D eigenvalue weighted by Gasteiger charge is -2.08. The predicted octanol–water partition coefficient (Wildman–Crippen LogP) is 1.20. The number of nitro groups is 1. The molecular formula is C11H12N4O4. The van der Waals surface area contributed by atoms with Crippen molar-refractivity contribution in [2.75, 3.05) is 12.8 Å². The predicted molar refractivity (Wildman–Crippen MR) is 67.9 cm³/mol. The number of methoxy groups -OCH3 is 1. The first-order valence-electron chi connectivity index (χ1n) is 5.45. The molecular weight excluding hydrogens is 252 g/mol. The summed E-state index contributed by atoms with van der Waals surface area (Å²) in [6.45, 7) is 1.58. The molecule has 1 atom stereocenters. The average molecular weight is 264 g/mol. The van der Waals surface area contributed by atoms with E-state index in [0.717, 1.165) is 4.68 Å². The zero-order chi connectivity index (χ0) is 14.2. The van der Waals surface area contributed by atoms with Gasteiger partial charge in [0.25, 0.3) is 11.6 Å². The van der Waals surface area contributed by atoms with Crippen LogP contribution in [0.3, 0.4) is 0 Å². The maximum atomic E-state index is 12.0. The van der Waals surface area contributed by atoms with E-state index < -0.39 is 16.9 Å². The molecule has 8 heteroatoms. The number of benzene rings is 1. The largest absolute Gasteiger partial charge is 0.382 e. The fraction of sp³-hybridized carbons (Fsp3) is 0.273. The number of ether oxygens (including phenoxy) is 1. The van der Waals surface area contributed by atoms with Crippen molar-refractivity contribution < 1.29 is 14.5 Å². The topological polar surface area (TPSA) is 113 Å². The summed E-state index contributed by atoms with van der Waals surface area (Å²) in [7, 11) is 1.41. The summed E-state index contributed by atoms with van der Waals surface area (Å²) >= 11 is 0. The maximum absolute atomic E-state index is 12.0. The molecule has 8 nitrogen and oxygen atoms in total. The molecule has 0 aliphatic heterocycles. The Bertz CT molecular complexity index is 664. The van der Waals surface area contributed by atoms with Gasteiger partial charge in [-0.1, -0.05) is 0 Å². The second-order valence-corrected chi connectivity index (χ2v) is 3.97. The third-order valence-electron chi connectivity index (χ3n) is 2.81. The van der Waals surface area contributed by atoms with Crippen LogP contribution in [-0.4, -0.2) is 33.8 Å². The lowest BCUT2D eigenvalue weighted by atomic mass is 10.2. The van der Waals surface area contributed by atoms with Crippen LogP contribution in [-0.2, 0) is 4.74 Å². The van der Waals surface area contributed by atoms with Gasteiger partial charge < -0.3 is 10.5 Å². The van der Waals surface area contributed by atoms with Crippen molar-refractivity contribution in [1.29, 1.82) is 0 Å². The number of carbonyl (C=O) groups excluding carboxylic acids is 1. The molecule has 0 bridgehead atoms. The van der Waals surface area contributed by atoms with E-state index in [1.54, 1.807) is 6.92 Å². The highest BCUT2D eigenvalue weighted by Gasteiger charge is 2.21. The number of nitrogen functional groups attached to an aromatic ring is 1. The van der Waals surface area contributed by atoms with Crippen molar-refractivity contribution in [2.24, 2.45) is 0 Å². The van der Waals surface area contributed by atoms with E-state index in [4.69, 9.17) is 10.5 Å². The lowest BCUT2D eigenvalue weighted by molar-refractivity contribution is -0.384. The van der Waals surface area contributed by atoms with Gasteiger partial charge in [-0.25, -0.2) is 0 Å². The van der Waals surface area contributed by atoms with E-state index in [1.165, 1.54) is 25.3 Å². The van der Waals surface area contributed by atoms with Crippen LogP contribution in [0.1, 0.15) is 11.7 Å². The molecule has 19 heavy (non-hydrogen) atoms. The molecule has 0 fully saturated rings. The summed E-state index contributed by atoms with van der Waals surface area (Å²) in [6.07, 6.45) is -0.683. The van der Waals surface area contributed by atoms with E-state index in [9.17, 15) is 14.9 Å². The third-order valence-corrected chi connectivity index (χ3v) is 2.81. The number of non-ortho nitro benzene ring substituents is 1. The van der Waals surface area contributed by atoms with Crippen molar-refractivity contribution in [1.82, 2.24) is 9.78 Å². The SMILES string of the molecule is COC(C)C(=O)n1nc(N)c2cc([N+](=O)[O-])ccc21. The van der Waals surface area contributed by atoms with Crippen LogP contribution in [0.4, 0.5) is 11.5 Å². The fourth-order valence-corrected chi connectivity index (χ4v) is 1.68. The van der Waals surface area contributed by atoms with Gasteiger partial charge in [-0.15, -0.1) is 5.10 Å². The van der Waals surface area contributed by atoms with Crippen molar-refractivity contribution in [3.8, 4) is 0 Å². The first kappa shape index (κ1) is 13.0. The quantitative estimate of drug-likeness (QED) is 0.658. The van der Waals surface area contributed by atoms with Crippen molar-refractivity contribution in [3.63, 3.8) is 0 Å². The molecule has 1 aromatic carbocycles. The van der Waals surface area contributed by atoms with Crippen molar-refractivity contribution in [2.45, 2.75) is 13.0 Å². The minimum atomic E-state index is -0.683. The Morgan fingerprint density at radius 1 is 1.58 bits per heavy atom. The smallest absolute Gasteiger partial charge is 0.276 e. The molecule has 100 valence electrons. The van der Waals surface area contributed by atoms with E-state index in [0.29, 0.717) is 10.9 Å². The Balaban J connectivity index is 2.60. The van der Waals surface area contributed by atoms with Gasteiger partial charge in [-0.05, 0) is 13.0 Å². The molecule has 2 aromatic rings. The first-order chi connectivity index (χ1) is 8.95. The zero-order valence-electron chi connectivity index (χ0n) is 10.4. The first-order valence-corrected chi connectivity index (χ1v) is 5.45. The van der Waals surface area contributed by atoms with Gasteiger partial charge in [0.05, 0.1) is 15.8 Å². The summed E-state index contributed by atoms with van der Waals surface area (Å²) in [4.78, 5) is 22.2. The summed E-state index contributed by atoms with van der Waals surface area (Å²) < 4.78 is 6.03. The lowest BCUT2D eigenvalue weighted by Crippen LogP contribution is -2.26. The Kier molecular flexibility index (Phi) is 3.17. The molecule has 1 aromatic heterocycles. The van der Waals surface area contributed by atoms with Crippen LogP contribution in [0.2, 0.25) is 0 Å². The maximum Gasteiger partial charge on any atom is 0.276 e. The van der Waals surface area contributed by atoms with Gasteiger partial charge in [-0.2, -0.15) is 4.68 Å². The van der Waals surface area contributed by atoms with Gasteiger partial charge in [0.1, 0.15) is 6.10 Å². The summed E-state index contributed by atoms with van der Waals surface area (Å²) in [5.74, 6) is -0.326. The van der Waals surface area contributed by atoms with Crippen LogP contribution < -0.4 is 5.73 Å². The second kappa shape index (κ2) is 4.65. The van der Waals surface area contributed by atoms with Gasteiger partial charge in [0, 0.05) is 19.2 Å². The van der Waals surface area contributed by atoms with E-state index in [2.05, 4.69) is 5.10 Å². The van der Waals surface area contributed by atoms with E-state index >= 15 is 0 Å². The molecule has 0 aliphatic carbocycles. The average Bonchev–Trinajstić information content (AvgIpc) is 2.74. The third kappa shape index (κ3) is 2.13. The van der Waals surface area contributed by atoms with Crippen molar-refractivity contribution in [3.05, 3.63) is 28.3 Å². The number of nitrogens with zero attached hydrogens (tertiary/aromatic N) is 3. The highest BCUT2D eigenvalue weighted by molar-refractivity contribution is 5.98. The molecule has 1 heterocycles. The van der Waals surface area contributed by atoms with Crippen molar-refractivity contribution >= 4 is 28.3 Å². The standard InChI is InChI=1S/C11H12N4O4/c1-6(19-2)11(16)14-9-4-3-7(15(17)18)5-8(9)10(12)13-14/h3-6H,1-2H3,(H2,12,13). The van der Waals surface area contributed by atoms with Gasteiger partial charge in [0.2, 0.25) is 0 Å². The minimum absolute atomic E-state index is 0.0651. The van der Waals surface area contributed by atoms with Gasteiger partial charge in [-0.3, -0.25) is 14.9 Å². The molecule has 0 spiro atoms. The van der Waals surface area contributed by atoms with Gasteiger partial charge >= 0.3 is 0 Å². The molecule has 1 unspecified atom stereocenters. The Labute approximate surface area is 107 Å². The molecule has 2 N–H and O–H groups in total. The number of hydrogen-bond donors (Lipinski definition) is 1. The Hall–Kier alpha value is -2.48.